The molecule has 0 aliphatic heterocycles. The van der Waals surface area contributed by atoms with E-state index in [4.69, 9.17) is 5.73 Å². The third-order valence-electron chi connectivity index (χ3n) is 2.14. The first kappa shape index (κ1) is 14.0. The molecule has 0 spiro atoms. The Morgan fingerprint density at radius 3 is 2.88 bits per heavy atom. The molecule has 92 valence electrons. The van der Waals surface area contributed by atoms with Crippen LogP contribution in [0.5, 0.6) is 0 Å². The largest absolute Gasteiger partial charge is 0.326 e. The maximum absolute atomic E-state index is 11.9. The fraction of sp³-hybridized carbons (Fsp3) is 0.556. The lowest BCUT2D eigenvalue weighted by atomic mass is 10.5. The van der Waals surface area contributed by atoms with E-state index in [0.717, 1.165) is 0 Å². The molecule has 1 aromatic rings. The predicted molar refractivity (Wildman–Crippen MR) is 70.4 cm³/mol. The van der Waals surface area contributed by atoms with Gasteiger partial charge in [-0.1, -0.05) is 6.92 Å². The van der Waals surface area contributed by atoms with Crippen LogP contribution in [0.4, 0.5) is 0 Å². The first-order chi connectivity index (χ1) is 7.51. The van der Waals surface area contributed by atoms with Crippen molar-refractivity contribution in [3.63, 3.8) is 0 Å². The summed E-state index contributed by atoms with van der Waals surface area (Å²) >= 11 is 2.99. The van der Waals surface area contributed by atoms with Crippen molar-refractivity contribution >= 4 is 33.1 Å². The van der Waals surface area contributed by atoms with Gasteiger partial charge in [-0.3, -0.25) is 0 Å². The Bertz CT molecular complexity index is 428. The van der Waals surface area contributed by atoms with Gasteiger partial charge in [0.15, 0.2) is 0 Å². The standard InChI is InChI=1S/C9H16N2O2S3/c1-7(14-2)6-11-16(12,13)9-3-4-15-8(9)5-10/h3-4,7,11H,5-6,10H2,1-2H3. The van der Waals surface area contributed by atoms with E-state index in [1.807, 2.05) is 13.2 Å². The Hall–Kier alpha value is -0.0800. The zero-order valence-corrected chi connectivity index (χ0v) is 11.7. The molecule has 0 amide bonds. The van der Waals surface area contributed by atoms with Crippen LogP contribution in [-0.2, 0) is 16.6 Å². The van der Waals surface area contributed by atoms with E-state index in [1.54, 1.807) is 23.2 Å². The molecule has 1 heterocycles. The number of thioether (sulfide) groups is 1. The third-order valence-corrected chi connectivity index (χ3v) is 5.69. The lowest BCUT2D eigenvalue weighted by Crippen LogP contribution is -2.29. The topological polar surface area (TPSA) is 72.2 Å². The molecule has 4 nitrogen and oxygen atoms in total. The van der Waals surface area contributed by atoms with Gasteiger partial charge < -0.3 is 5.73 Å². The van der Waals surface area contributed by atoms with E-state index in [0.29, 0.717) is 16.3 Å². The molecule has 3 N–H and O–H groups in total. The number of nitrogens with two attached hydrogens (primary N) is 1. The van der Waals surface area contributed by atoms with Gasteiger partial charge in [-0.2, -0.15) is 11.8 Å². The minimum absolute atomic E-state index is 0.256. The molecule has 0 bridgehead atoms. The van der Waals surface area contributed by atoms with Crippen molar-refractivity contribution in [1.82, 2.24) is 4.72 Å². The van der Waals surface area contributed by atoms with E-state index >= 15 is 0 Å². The van der Waals surface area contributed by atoms with Crippen LogP contribution in [-0.4, -0.2) is 26.5 Å². The second-order valence-corrected chi connectivity index (χ2v) is 7.32. The van der Waals surface area contributed by atoms with Gasteiger partial charge in [-0.25, -0.2) is 13.1 Å². The highest BCUT2D eigenvalue weighted by Gasteiger charge is 2.19. The van der Waals surface area contributed by atoms with Crippen LogP contribution in [0.1, 0.15) is 11.8 Å². The van der Waals surface area contributed by atoms with E-state index in [1.165, 1.54) is 11.3 Å². The Morgan fingerprint density at radius 1 is 1.62 bits per heavy atom. The van der Waals surface area contributed by atoms with Crippen LogP contribution in [0.3, 0.4) is 0 Å². The van der Waals surface area contributed by atoms with Crippen molar-refractivity contribution in [2.45, 2.75) is 23.6 Å². The molecule has 1 atom stereocenters. The van der Waals surface area contributed by atoms with E-state index in [9.17, 15) is 8.42 Å². The molecule has 0 fully saturated rings. The van der Waals surface area contributed by atoms with Crippen LogP contribution in [0.25, 0.3) is 0 Å². The maximum Gasteiger partial charge on any atom is 0.241 e. The second kappa shape index (κ2) is 6.02. The smallest absolute Gasteiger partial charge is 0.241 e. The first-order valence-electron chi connectivity index (χ1n) is 4.80. The van der Waals surface area contributed by atoms with Gasteiger partial charge in [0.25, 0.3) is 0 Å². The zero-order chi connectivity index (χ0) is 12.2. The zero-order valence-electron chi connectivity index (χ0n) is 9.26. The fourth-order valence-corrected chi connectivity index (χ4v) is 3.92. The molecule has 0 aromatic carbocycles. The highest BCUT2D eigenvalue weighted by Crippen LogP contribution is 2.21. The van der Waals surface area contributed by atoms with Crippen molar-refractivity contribution in [2.24, 2.45) is 5.73 Å². The fourth-order valence-electron chi connectivity index (χ4n) is 1.11. The average molecular weight is 280 g/mol. The summed E-state index contributed by atoms with van der Waals surface area (Å²) in [7, 11) is -3.40. The molecule has 1 aromatic heterocycles. The number of hydrogen-bond acceptors (Lipinski definition) is 5. The van der Waals surface area contributed by atoms with Gasteiger partial charge in [0.05, 0.1) is 4.90 Å². The van der Waals surface area contributed by atoms with Crippen molar-refractivity contribution in [3.8, 4) is 0 Å². The van der Waals surface area contributed by atoms with E-state index in [2.05, 4.69) is 4.72 Å². The number of rotatable bonds is 6. The minimum atomic E-state index is -3.40. The molecule has 0 saturated heterocycles. The Morgan fingerprint density at radius 2 is 2.31 bits per heavy atom. The van der Waals surface area contributed by atoms with Crippen molar-refractivity contribution in [1.29, 1.82) is 0 Å². The van der Waals surface area contributed by atoms with Crippen molar-refractivity contribution in [3.05, 3.63) is 16.3 Å². The predicted octanol–water partition coefficient (Wildman–Crippen LogP) is 1.24. The number of hydrogen-bond donors (Lipinski definition) is 2. The summed E-state index contributed by atoms with van der Waals surface area (Å²) in [6, 6.07) is 1.60. The van der Waals surface area contributed by atoms with Crippen LogP contribution >= 0.6 is 23.1 Å². The molecule has 0 radical (unpaired) electrons. The van der Waals surface area contributed by atoms with Gasteiger partial charge in [-0.15, -0.1) is 11.3 Å². The molecule has 0 saturated carbocycles. The van der Waals surface area contributed by atoms with Gasteiger partial charge >= 0.3 is 0 Å². The summed E-state index contributed by atoms with van der Waals surface area (Å²) in [5.41, 5.74) is 5.49. The second-order valence-electron chi connectivity index (χ2n) is 3.31. The molecule has 7 heteroatoms. The van der Waals surface area contributed by atoms with E-state index in [-0.39, 0.29) is 11.8 Å². The first-order valence-corrected chi connectivity index (χ1v) is 8.45. The quantitative estimate of drug-likeness (QED) is 0.822. The van der Waals surface area contributed by atoms with Crippen molar-refractivity contribution < 1.29 is 8.42 Å². The highest BCUT2D eigenvalue weighted by atomic mass is 32.2. The summed E-state index contributed by atoms with van der Waals surface area (Å²) in [5.74, 6) is 0. The monoisotopic (exact) mass is 280 g/mol. The molecule has 1 unspecified atom stereocenters. The van der Waals surface area contributed by atoms with Crippen LogP contribution < -0.4 is 10.5 Å². The summed E-state index contributed by atoms with van der Waals surface area (Å²) < 4.78 is 26.4. The van der Waals surface area contributed by atoms with Crippen molar-refractivity contribution in [2.75, 3.05) is 12.8 Å². The molecular weight excluding hydrogens is 264 g/mol. The molecular formula is C9H16N2O2S3. The molecule has 0 aliphatic rings. The normalized spacial score (nSPS) is 13.9. The summed E-state index contributed by atoms with van der Waals surface area (Å²) in [6.45, 7) is 2.67. The van der Waals surface area contributed by atoms with Gasteiger partial charge in [-0.05, 0) is 17.7 Å². The van der Waals surface area contributed by atoms with Gasteiger partial charge in [0, 0.05) is 23.2 Å². The average Bonchev–Trinajstić information content (AvgIpc) is 2.74. The number of thiophene rings is 1. The summed E-state index contributed by atoms with van der Waals surface area (Å²) in [6.07, 6.45) is 1.95. The molecule has 0 aliphatic carbocycles. The Kier molecular flexibility index (Phi) is 5.26. The Labute approximate surface area is 105 Å². The van der Waals surface area contributed by atoms with E-state index < -0.39 is 10.0 Å². The minimum Gasteiger partial charge on any atom is -0.326 e. The summed E-state index contributed by atoms with van der Waals surface area (Å²) in [4.78, 5) is 1.01. The van der Waals surface area contributed by atoms with Crippen LogP contribution in [0.2, 0.25) is 0 Å². The van der Waals surface area contributed by atoms with Gasteiger partial charge in [0.2, 0.25) is 10.0 Å². The number of nitrogens with one attached hydrogen (secondary N) is 1. The molecule has 16 heavy (non-hydrogen) atoms. The summed E-state index contributed by atoms with van der Waals surface area (Å²) in [5, 5.41) is 2.00. The van der Waals surface area contributed by atoms with Gasteiger partial charge in [0.1, 0.15) is 0 Å². The molecule has 1 rings (SSSR count). The Balaban J connectivity index is 2.78. The maximum atomic E-state index is 11.9. The third kappa shape index (κ3) is 3.46. The number of sulfonamides is 1. The SMILES string of the molecule is CSC(C)CNS(=O)(=O)c1ccsc1CN. The lowest BCUT2D eigenvalue weighted by molar-refractivity contribution is 0.581. The van der Waals surface area contributed by atoms with Crippen LogP contribution in [0.15, 0.2) is 16.3 Å². The highest BCUT2D eigenvalue weighted by molar-refractivity contribution is 7.99. The van der Waals surface area contributed by atoms with Crippen LogP contribution in [0, 0.1) is 0 Å². The lowest BCUT2D eigenvalue weighted by Gasteiger charge is -2.10.